The molecule has 0 saturated carbocycles. The van der Waals surface area contributed by atoms with Gasteiger partial charge in [-0.05, 0) is 44.5 Å². The van der Waals surface area contributed by atoms with Crippen LogP contribution in [0.15, 0.2) is 23.2 Å². The minimum atomic E-state index is 0.0361. The zero-order valence-corrected chi connectivity index (χ0v) is 12.4. The van der Waals surface area contributed by atoms with Crippen LogP contribution in [0.5, 0.6) is 0 Å². The van der Waals surface area contributed by atoms with Crippen LogP contribution in [0.1, 0.15) is 29.8 Å². The Labute approximate surface area is 119 Å². The van der Waals surface area contributed by atoms with Crippen molar-refractivity contribution < 1.29 is 4.79 Å². The van der Waals surface area contributed by atoms with Crippen molar-refractivity contribution >= 4 is 29.0 Å². The molecule has 104 valence electrons. The van der Waals surface area contributed by atoms with Crippen LogP contribution < -0.4 is 5.73 Å². The highest BCUT2D eigenvalue weighted by molar-refractivity contribution is 6.28. The Morgan fingerprint density at radius 2 is 2.00 bits per heavy atom. The third-order valence-electron chi connectivity index (χ3n) is 2.90. The van der Waals surface area contributed by atoms with Gasteiger partial charge in [0, 0.05) is 18.7 Å². The van der Waals surface area contributed by atoms with Gasteiger partial charge in [0.15, 0.2) is 0 Å². The molecule has 1 rings (SSSR count). The van der Waals surface area contributed by atoms with Gasteiger partial charge in [0.25, 0.3) is 5.91 Å². The first-order chi connectivity index (χ1) is 9.03. The number of aliphatic imine (C=N–C) groups is 1. The molecule has 0 aromatic heterocycles. The van der Waals surface area contributed by atoms with Crippen LogP contribution >= 0.6 is 11.6 Å². The van der Waals surface area contributed by atoms with Gasteiger partial charge in [0.2, 0.25) is 0 Å². The van der Waals surface area contributed by atoms with E-state index in [1.165, 1.54) is 0 Å². The number of rotatable bonds is 5. The molecule has 0 atom stereocenters. The van der Waals surface area contributed by atoms with Gasteiger partial charge in [0.05, 0.1) is 11.6 Å². The van der Waals surface area contributed by atoms with Crippen LogP contribution in [0.3, 0.4) is 0 Å². The van der Waals surface area contributed by atoms with Gasteiger partial charge in [0.1, 0.15) is 5.84 Å². The second kappa shape index (κ2) is 7.14. The second-order valence-electron chi connectivity index (χ2n) is 4.22. The monoisotopic (exact) mass is 281 g/mol. The van der Waals surface area contributed by atoms with Crippen molar-refractivity contribution in [3.05, 3.63) is 29.3 Å². The Morgan fingerprint density at radius 3 is 2.47 bits per heavy atom. The number of carbonyl (C=O) groups excluding carboxylic acids is 1. The molecule has 1 aromatic carbocycles. The van der Waals surface area contributed by atoms with E-state index in [-0.39, 0.29) is 11.8 Å². The SMILES string of the molecule is CCN(CC)C(=O)c1ccc(N=C(N)CCl)c(C)c1. The smallest absolute Gasteiger partial charge is 0.253 e. The Morgan fingerprint density at radius 1 is 1.37 bits per heavy atom. The molecule has 5 heteroatoms. The third-order valence-corrected chi connectivity index (χ3v) is 3.17. The minimum absolute atomic E-state index is 0.0361. The predicted octanol–water partition coefficient (Wildman–Crippen LogP) is 2.70. The van der Waals surface area contributed by atoms with Gasteiger partial charge in [-0.25, -0.2) is 4.99 Å². The van der Waals surface area contributed by atoms with Crippen molar-refractivity contribution in [3.63, 3.8) is 0 Å². The molecular formula is C14H20ClN3O. The zero-order chi connectivity index (χ0) is 14.4. The summed E-state index contributed by atoms with van der Waals surface area (Å²) in [7, 11) is 0. The van der Waals surface area contributed by atoms with Crippen molar-refractivity contribution in [2.24, 2.45) is 10.7 Å². The highest BCUT2D eigenvalue weighted by atomic mass is 35.5. The summed E-state index contributed by atoms with van der Waals surface area (Å²) in [4.78, 5) is 18.2. The summed E-state index contributed by atoms with van der Waals surface area (Å²) in [6.45, 7) is 7.24. The second-order valence-corrected chi connectivity index (χ2v) is 4.48. The largest absolute Gasteiger partial charge is 0.386 e. The molecule has 0 radical (unpaired) electrons. The maximum atomic E-state index is 12.2. The van der Waals surface area contributed by atoms with E-state index < -0.39 is 0 Å². The lowest BCUT2D eigenvalue weighted by atomic mass is 10.1. The van der Waals surface area contributed by atoms with E-state index in [9.17, 15) is 4.79 Å². The fourth-order valence-corrected chi connectivity index (χ4v) is 1.85. The van der Waals surface area contributed by atoms with Crippen LogP contribution in [0, 0.1) is 6.92 Å². The average Bonchev–Trinajstić information content (AvgIpc) is 2.42. The first-order valence-corrected chi connectivity index (χ1v) is 6.85. The van der Waals surface area contributed by atoms with Crippen LogP contribution in [-0.2, 0) is 0 Å². The van der Waals surface area contributed by atoms with Gasteiger partial charge in [-0.3, -0.25) is 4.79 Å². The third kappa shape index (κ3) is 3.96. The normalized spacial score (nSPS) is 11.5. The standard InChI is InChI=1S/C14H20ClN3O/c1-4-18(5-2)14(19)11-6-7-12(10(3)8-11)17-13(16)9-15/h6-8H,4-5,9H2,1-3H3,(H2,16,17). The number of carbonyl (C=O) groups is 1. The summed E-state index contributed by atoms with van der Waals surface area (Å²) in [5.41, 5.74) is 7.93. The number of halogens is 1. The van der Waals surface area contributed by atoms with Crippen molar-refractivity contribution in [2.45, 2.75) is 20.8 Å². The molecule has 1 amide bonds. The molecule has 0 spiro atoms. The molecule has 2 N–H and O–H groups in total. The first-order valence-electron chi connectivity index (χ1n) is 6.32. The summed E-state index contributed by atoms with van der Waals surface area (Å²) in [6.07, 6.45) is 0. The van der Waals surface area contributed by atoms with E-state index in [2.05, 4.69) is 4.99 Å². The summed E-state index contributed by atoms with van der Waals surface area (Å²) in [5, 5.41) is 0. The van der Waals surface area contributed by atoms with Crippen LogP contribution in [0.4, 0.5) is 5.69 Å². The lowest BCUT2D eigenvalue weighted by Crippen LogP contribution is -2.30. The fourth-order valence-electron chi connectivity index (χ4n) is 1.79. The van der Waals surface area contributed by atoms with E-state index in [1.807, 2.05) is 26.8 Å². The van der Waals surface area contributed by atoms with E-state index in [4.69, 9.17) is 17.3 Å². The number of aryl methyl sites for hydroxylation is 1. The Kier molecular flexibility index (Phi) is 5.83. The highest BCUT2D eigenvalue weighted by Gasteiger charge is 2.13. The molecule has 19 heavy (non-hydrogen) atoms. The minimum Gasteiger partial charge on any atom is -0.386 e. The molecule has 1 aromatic rings. The van der Waals surface area contributed by atoms with Gasteiger partial charge in [-0.15, -0.1) is 11.6 Å². The van der Waals surface area contributed by atoms with Gasteiger partial charge >= 0.3 is 0 Å². The van der Waals surface area contributed by atoms with Crippen molar-refractivity contribution in [3.8, 4) is 0 Å². The van der Waals surface area contributed by atoms with E-state index >= 15 is 0 Å². The number of alkyl halides is 1. The van der Waals surface area contributed by atoms with E-state index in [0.717, 1.165) is 11.3 Å². The molecule has 0 fully saturated rings. The van der Waals surface area contributed by atoms with Gasteiger partial charge in [-0.2, -0.15) is 0 Å². The number of hydrogen-bond donors (Lipinski definition) is 1. The van der Waals surface area contributed by atoms with Crippen molar-refractivity contribution in [1.29, 1.82) is 0 Å². The summed E-state index contributed by atoms with van der Waals surface area (Å²) >= 11 is 5.60. The molecule has 4 nitrogen and oxygen atoms in total. The van der Waals surface area contributed by atoms with E-state index in [0.29, 0.717) is 24.5 Å². The van der Waals surface area contributed by atoms with Crippen LogP contribution in [-0.4, -0.2) is 35.6 Å². The van der Waals surface area contributed by atoms with Crippen molar-refractivity contribution in [2.75, 3.05) is 19.0 Å². The molecule has 0 aliphatic rings. The number of hydrogen-bond acceptors (Lipinski definition) is 2. The highest BCUT2D eigenvalue weighted by Crippen LogP contribution is 2.20. The number of benzene rings is 1. The van der Waals surface area contributed by atoms with E-state index in [1.54, 1.807) is 17.0 Å². The lowest BCUT2D eigenvalue weighted by molar-refractivity contribution is 0.0773. The Balaban J connectivity index is 3.03. The molecule has 0 aliphatic carbocycles. The average molecular weight is 282 g/mol. The molecule has 0 bridgehead atoms. The molecular weight excluding hydrogens is 262 g/mol. The quantitative estimate of drug-likeness (QED) is 0.512. The molecule has 0 unspecified atom stereocenters. The Hall–Kier alpha value is -1.55. The van der Waals surface area contributed by atoms with Crippen LogP contribution in [0.25, 0.3) is 0 Å². The molecule has 0 heterocycles. The number of nitrogens with two attached hydrogens (primary N) is 1. The number of nitrogens with zero attached hydrogens (tertiary/aromatic N) is 2. The lowest BCUT2D eigenvalue weighted by Gasteiger charge is -2.19. The topological polar surface area (TPSA) is 58.7 Å². The number of amidine groups is 1. The summed E-state index contributed by atoms with van der Waals surface area (Å²) in [6, 6.07) is 5.40. The van der Waals surface area contributed by atoms with Crippen molar-refractivity contribution in [1.82, 2.24) is 4.90 Å². The molecule has 0 aliphatic heterocycles. The number of amides is 1. The Bertz CT molecular complexity index is 482. The first kappa shape index (κ1) is 15.5. The maximum Gasteiger partial charge on any atom is 0.253 e. The van der Waals surface area contributed by atoms with Gasteiger partial charge < -0.3 is 10.6 Å². The maximum absolute atomic E-state index is 12.2. The summed E-state index contributed by atoms with van der Waals surface area (Å²) < 4.78 is 0. The van der Waals surface area contributed by atoms with Crippen LogP contribution in [0.2, 0.25) is 0 Å². The summed E-state index contributed by atoms with van der Waals surface area (Å²) in [5.74, 6) is 0.598. The molecule has 0 saturated heterocycles. The fraction of sp³-hybridized carbons (Fsp3) is 0.429. The zero-order valence-electron chi connectivity index (χ0n) is 11.6. The predicted molar refractivity (Wildman–Crippen MR) is 80.4 cm³/mol. The van der Waals surface area contributed by atoms with Gasteiger partial charge in [-0.1, -0.05) is 0 Å².